The highest BCUT2D eigenvalue weighted by atomic mass is 32.1. The zero-order valence-electron chi connectivity index (χ0n) is 11.3. The fraction of sp³-hybridized carbons (Fsp3) is 0.143. The van der Waals surface area contributed by atoms with E-state index in [2.05, 4.69) is 9.97 Å². The molecule has 0 aliphatic heterocycles. The maximum absolute atomic E-state index is 10.9. The van der Waals surface area contributed by atoms with Gasteiger partial charge in [0.05, 0.1) is 33.1 Å². The van der Waals surface area contributed by atoms with Crippen molar-refractivity contribution in [3.05, 3.63) is 46.1 Å². The van der Waals surface area contributed by atoms with E-state index in [9.17, 15) is 10.1 Å². The number of pyridine rings is 1. The smallest absolute Gasteiger partial charge is 0.270 e. The van der Waals surface area contributed by atoms with E-state index >= 15 is 0 Å². The number of non-ortho nitro benzene ring substituents is 1. The summed E-state index contributed by atoms with van der Waals surface area (Å²) in [4.78, 5) is 19.8. The molecule has 0 saturated heterocycles. The van der Waals surface area contributed by atoms with Crippen molar-refractivity contribution in [2.75, 3.05) is 13.2 Å². The number of aliphatic hydroxyl groups excluding tert-OH is 1. The number of nitrogens with zero attached hydrogens (tertiary/aromatic N) is 3. The lowest BCUT2D eigenvalue weighted by atomic mass is 10.1. The highest BCUT2D eigenvalue weighted by Crippen LogP contribution is 2.33. The third kappa shape index (κ3) is 2.74. The SMILES string of the molecule is O=[N+]([O-])c1ccc2nc(-c3cncs3)cc(OCCO)c2c1. The van der Waals surface area contributed by atoms with Gasteiger partial charge in [-0.05, 0) is 6.07 Å². The first-order chi connectivity index (χ1) is 10.7. The minimum absolute atomic E-state index is 0.0336. The van der Waals surface area contributed by atoms with Crippen LogP contribution in [0.2, 0.25) is 0 Å². The second-order valence-electron chi connectivity index (χ2n) is 4.40. The molecule has 0 amide bonds. The Morgan fingerprint density at radius 1 is 1.36 bits per heavy atom. The number of rotatable bonds is 5. The molecule has 7 nitrogen and oxygen atoms in total. The Hall–Kier alpha value is -2.58. The van der Waals surface area contributed by atoms with Crippen LogP contribution in [-0.4, -0.2) is 33.2 Å². The number of benzene rings is 1. The quantitative estimate of drug-likeness (QED) is 0.574. The van der Waals surface area contributed by atoms with Crippen LogP contribution in [0.1, 0.15) is 0 Å². The van der Waals surface area contributed by atoms with E-state index in [1.54, 1.807) is 23.8 Å². The van der Waals surface area contributed by atoms with Crippen molar-refractivity contribution in [3.8, 4) is 16.3 Å². The van der Waals surface area contributed by atoms with Crippen molar-refractivity contribution in [1.82, 2.24) is 9.97 Å². The molecule has 1 aromatic carbocycles. The van der Waals surface area contributed by atoms with Crippen LogP contribution in [0.4, 0.5) is 5.69 Å². The van der Waals surface area contributed by atoms with E-state index in [1.165, 1.54) is 23.5 Å². The zero-order valence-corrected chi connectivity index (χ0v) is 12.1. The van der Waals surface area contributed by atoms with Gasteiger partial charge in [-0.2, -0.15) is 0 Å². The molecule has 0 radical (unpaired) electrons. The molecule has 112 valence electrons. The first-order valence-corrected chi connectivity index (χ1v) is 7.28. The maximum Gasteiger partial charge on any atom is 0.270 e. The summed E-state index contributed by atoms with van der Waals surface area (Å²) in [6.45, 7) is -0.0431. The van der Waals surface area contributed by atoms with E-state index in [-0.39, 0.29) is 18.9 Å². The summed E-state index contributed by atoms with van der Waals surface area (Å²) in [5.41, 5.74) is 2.93. The van der Waals surface area contributed by atoms with E-state index in [0.717, 1.165) is 4.88 Å². The predicted molar refractivity (Wildman–Crippen MR) is 82.1 cm³/mol. The Bertz CT molecular complexity index is 820. The number of nitro benzene ring substituents is 1. The third-order valence-corrected chi connectivity index (χ3v) is 3.79. The highest BCUT2D eigenvalue weighted by molar-refractivity contribution is 7.13. The standard InChI is InChI=1S/C14H11N3O4S/c18-3-4-21-13-6-12(14-7-15-8-22-14)16-11-2-1-9(17(19)20)5-10(11)13/h1-2,5-8,18H,3-4H2. The summed E-state index contributed by atoms with van der Waals surface area (Å²) >= 11 is 1.44. The number of thiazole rings is 1. The molecule has 3 rings (SSSR count). The second-order valence-corrected chi connectivity index (χ2v) is 5.29. The van der Waals surface area contributed by atoms with Gasteiger partial charge in [-0.3, -0.25) is 15.1 Å². The highest BCUT2D eigenvalue weighted by Gasteiger charge is 2.14. The van der Waals surface area contributed by atoms with Crippen molar-refractivity contribution in [2.45, 2.75) is 0 Å². The number of ether oxygens (including phenoxy) is 1. The molecular weight excluding hydrogens is 306 g/mol. The molecule has 0 aliphatic rings. The number of aromatic nitrogens is 2. The minimum atomic E-state index is -0.466. The van der Waals surface area contributed by atoms with Gasteiger partial charge < -0.3 is 9.84 Å². The van der Waals surface area contributed by atoms with E-state index in [4.69, 9.17) is 9.84 Å². The molecular formula is C14H11N3O4S. The van der Waals surface area contributed by atoms with E-state index in [0.29, 0.717) is 22.3 Å². The Morgan fingerprint density at radius 2 is 2.23 bits per heavy atom. The molecule has 0 aliphatic carbocycles. The Morgan fingerprint density at radius 3 is 2.91 bits per heavy atom. The van der Waals surface area contributed by atoms with Gasteiger partial charge in [0.2, 0.25) is 0 Å². The summed E-state index contributed by atoms with van der Waals surface area (Å²) in [6, 6.07) is 6.12. The van der Waals surface area contributed by atoms with Gasteiger partial charge >= 0.3 is 0 Å². The summed E-state index contributed by atoms with van der Waals surface area (Å²) in [5, 5.41) is 20.4. The van der Waals surface area contributed by atoms with Gasteiger partial charge in [-0.25, -0.2) is 4.98 Å². The Labute approximate surface area is 129 Å². The molecule has 2 aromatic heterocycles. The summed E-state index contributed by atoms with van der Waals surface area (Å²) in [7, 11) is 0. The average molecular weight is 317 g/mol. The maximum atomic E-state index is 10.9. The van der Waals surface area contributed by atoms with Crippen molar-refractivity contribution in [2.24, 2.45) is 0 Å². The average Bonchev–Trinajstić information content (AvgIpc) is 3.06. The van der Waals surface area contributed by atoms with Gasteiger partial charge in [-0.1, -0.05) is 0 Å². The Kier molecular flexibility index (Phi) is 3.94. The molecule has 0 fully saturated rings. The van der Waals surface area contributed by atoms with Crippen LogP contribution in [0.5, 0.6) is 5.75 Å². The first-order valence-electron chi connectivity index (χ1n) is 6.41. The second kappa shape index (κ2) is 6.04. The lowest BCUT2D eigenvalue weighted by molar-refractivity contribution is -0.384. The first kappa shape index (κ1) is 14.4. The van der Waals surface area contributed by atoms with Crippen molar-refractivity contribution >= 4 is 27.9 Å². The summed E-state index contributed by atoms with van der Waals surface area (Å²) in [6.07, 6.45) is 1.69. The molecule has 8 heteroatoms. The zero-order chi connectivity index (χ0) is 15.5. The topological polar surface area (TPSA) is 98.4 Å². The van der Waals surface area contributed by atoms with E-state index < -0.39 is 4.92 Å². The lowest BCUT2D eigenvalue weighted by Gasteiger charge is -2.10. The molecule has 22 heavy (non-hydrogen) atoms. The summed E-state index contributed by atoms with van der Waals surface area (Å²) in [5.74, 6) is 0.450. The molecule has 0 atom stereocenters. The van der Waals surface area contributed by atoms with Crippen LogP contribution in [0.15, 0.2) is 36.0 Å². The van der Waals surface area contributed by atoms with Crippen LogP contribution in [0, 0.1) is 10.1 Å². The fourth-order valence-electron chi connectivity index (χ4n) is 2.04. The third-order valence-electron chi connectivity index (χ3n) is 3.00. The normalized spacial score (nSPS) is 10.8. The van der Waals surface area contributed by atoms with Crippen molar-refractivity contribution in [3.63, 3.8) is 0 Å². The number of hydrogen-bond donors (Lipinski definition) is 1. The number of fused-ring (bicyclic) bond motifs is 1. The number of nitro groups is 1. The largest absolute Gasteiger partial charge is 0.490 e. The fourth-order valence-corrected chi connectivity index (χ4v) is 2.62. The molecule has 0 bridgehead atoms. The minimum Gasteiger partial charge on any atom is -0.490 e. The van der Waals surface area contributed by atoms with Gasteiger partial charge in [0.15, 0.2) is 0 Å². The molecule has 0 saturated carbocycles. The lowest BCUT2D eigenvalue weighted by Crippen LogP contribution is -2.03. The monoisotopic (exact) mass is 317 g/mol. The van der Waals surface area contributed by atoms with Gasteiger partial charge in [-0.15, -0.1) is 11.3 Å². The van der Waals surface area contributed by atoms with Gasteiger partial charge in [0.25, 0.3) is 5.69 Å². The summed E-state index contributed by atoms with van der Waals surface area (Å²) < 4.78 is 5.51. The molecule has 0 unspecified atom stereocenters. The van der Waals surface area contributed by atoms with Crippen LogP contribution >= 0.6 is 11.3 Å². The molecule has 0 spiro atoms. The molecule has 2 heterocycles. The van der Waals surface area contributed by atoms with Crippen LogP contribution in [0.3, 0.4) is 0 Å². The van der Waals surface area contributed by atoms with Crippen LogP contribution in [-0.2, 0) is 0 Å². The molecule has 3 aromatic rings. The predicted octanol–water partition coefficient (Wildman–Crippen LogP) is 2.64. The van der Waals surface area contributed by atoms with Gasteiger partial charge in [0, 0.05) is 29.8 Å². The van der Waals surface area contributed by atoms with E-state index in [1.807, 2.05) is 0 Å². The van der Waals surface area contributed by atoms with Crippen LogP contribution < -0.4 is 4.74 Å². The number of aliphatic hydroxyl groups is 1. The van der Waals surface area contributed by atoms with Gasteiger partial charge in [0.1, 0.15) is 12.4 Å². The van der Waals surface area contributed by atoms with Crippen molar-refractivity contribution < 1.29 is 14.8 Å². The molecule has 1 N–H and O–H groups in total. The number of hydrogen-bond acceptors (Lipinski definition) is 7. The van der Waals surface area contributed by atoms with Crippen LogP contribution in [0.25, 0.3) is 21.5 Å². The van der Waals surface area contributed by atoms with Crippen molar-refractivity contribution in [1.29, 1.82) is 0 Å². The Balaban J connectivity index is 2.18.